The molecule has 0 aromatic heterocycles. The fraction of sp³-hybridized carbons (Fsp3) is 0.632. The van der Waals surface area contributed by atoms with Crippen molar-refractivity contribution in [2.75, 3.05) is 19.6 Å². The van der Waals surface area contributed by atoms with Gasteiger partial charge in [-0.25, -0.2) is 0 Å². The number of amides is 1. The summed E-state index contributed by atoms with van der Waals surface area (Å²) in [6.07, 6.45) is 4.29. The van der Waals surface area contributed by atoms with Gasteiger partial charge in [-0.15, -0.1) is 0 Å². The van der Waals surface area contributed by atoms with Crippen LogP contribution in [0.2, 0.25) is 0 Å². The number of likely N-dealkylation sites (tertiary alicyclic amines) is 2. The van der Waals surface area contributed by atoms with Crippen molar-refractivity contribution in [3.63, 3.8) is 0 Å². The number of nitrogens with two attached hydrogens (primary N) is 1. The molecule has 1 amide bonds. The van der Waals surface area contributed by atoms with Crippen LogP contribution in [0.3, 0.4) is 0 Å². The van der Waals surface area contributed by atoms with E-state index in [0.717, 1.165) is 32.6 Å². The van der Waals surface area contributed by atoms with Crippen molar-refractivity contribution < 1.29 is 4.79 Å². The Bertz CT molecular complexity index is 547. The normalized spacial score (nSPS) is 34.8. The van der Waals surface area contributed by atoms with Crippen molar-refractivity contribution in [2.24, 2.45) is 17.6 Å². The second kappa shape index (κ2) is 6.25. The quantitative estimate of drug-likeness (QED) is 0.926. The van der Waals surface area contributed by atoms with Crippen LogP contribution in [0, 0.1) is 11.8 Å². The molecule has 3 aliphatic rings. The summed E-state index contributed by atoms with van der Waals surface area (Å²) in [5, 5.41) is 0. The topological polar surface area (TPSA) is 49.6 Å². The van der Waals surface area contributed by atoms with Gasteiger partial charge in [-0.2, -0.15) is 0 Å². The van der Waals surface area contributed by atoms with Crippen LogP contribution in [0.4, 0.5) is 0 Å². The number of fused-ring (bicyclic) bond motifs is 2. The first kappa shape index (κ1) is 15.2. The van der Waals surface area contributed by atoms with Crippen LogP contribution < -0.4 is 5.73 Å². The molecule has 124 valence electrons. The summed E-state index contributed by atoms with van der Waals surface area (Å²) in [5.74, 6) is 1.66. The number of carbonyl (C=O) groups is 1. The number of nitrogens with zero attached hydrogens (tertiary/aromatic N) is 2. The molecule has 2 heterocycles. The van der Waals surface area contributed by atoms with Crippen LogP contribution in [-0.4, -0.2) is 47.4 Å². The average Bonchev–Trinajstić information content (AvgIpc) is 2.79. The van der Waals surface area contributed by atoms with E-state index < -0.39 is 0 Å². The molecule has 2 aliphatic heterocycles. The van der Waals surface area contributed by atoms with Crippen molar-refractivity contribution >= 4 is 5.91 Å². The lowest BCUT2D eigenvalue weighted by atomic mass is 9.90. The second-order valence-corrected chi connectivity index (χ2v) is 7.58. The summed E-state index contributed by atoms with van der Waals surface area (Å²) in [6.45, 7) is 3.89. The molecule has 4 atom stereocenters. The zero-order chi connectivity index (χ0) is 15.8. The predicted molar refractivity (Wildman–Crippen MR) is 90.6 cm³/mol. The van der Waals surface area contributed by atoms with Gasteiger partial charge in [0.15, 0.2) is 0 Å². The van der Waals surface area contributed by atoms with Gasteiger partial charge < -0.3 is 10.6 Å². The molecule has 1 saturated carbocycles. The van der Waals surface area contributed by atoms with E-state index in [-0.39, 0.29) is 0 Å². The molecule has 0 spiro atoms. The number of carbonyl (C=O) groups excluding carboxylic acids is 1. The third-order valence-corrected chi connectivity index (χ3v) is 6.14. The van der Waals surface area contributed by atoms with Gasteiger partial charge in [-0.05, 0) is 36.7 Å². The van der Waals surface area contributed by atoms with Crippen molar-refractivity contribution in [1.82, 2.24) is 9.80 Å². The monoisotopic (exact) mass is 313 g/mol. The van der Waals surface area contributed by atoms with E-state index >= 15 is 0 Å². The molecule has 1 aliphatic carbocycles. The van der Waals surface area contributed by atoms with Crippen molar-refractivity contribution in [3.05, 3.63) is 35.9 Å². The van der Waals surface area contributed by atoms with Crippen LogP contribution in [-0.2, 0) is 11.3 Å². The first-order valence-electron chi connectivity index (χ1n) is 9.02. The van der Waals surface area contributed by atoms with Gasteiger partial charge >= 0.3 is 0 Å². The molecule has 0 radical (unpaired) electrons. The zero-order valence-corrected chi connectivity index (χ0v) is 13.7. The van der Waals surface area contributed by atoms with E-state index in [1.807, 2.05) is 18.2 Å². The average molecular weight is 313 g/mol. The van der Waals surface area contributed by atoms with E-state index in [2.05, 4.69) is 21.9 Å². The van der Waals surface area contributed by atoms with Crippen LogP contribution in [0.25, 0.3) is 0 Å². The van der Waals surface area contributed by atoms with E-state index in [1.165, 1.54) is 18.4 Å². The van der Waals surface area contributed by atoms with Crippen LogP contribution >= 0.6 is 0 Å². The van der Waals surface area contributed by atoms with E-state index in [4.69, 9.17) is 5.73 Å². The highest BCUT2D eigenvalue weighted by Gasteiger charge is 2.42. The Balaban J connectivity index is 1.42. The highest BCUT2D eigenvalue weighted by Crippen LogP contribution is 2.37. The summed E-state index contributed by atoms with van der Waals surface area (Å²) in [5.41, 5.74) is 7.56. The Morgan fingerprint density at radius 1 is 1.00 bits per heavy atom. The second-order valence-electron chi connectivity index (χ2n) is 7.58. The van der Waals surface area contributed by atoms with Crippen LogP contribution in [0.15, 0.2) is 30.3 Å². The minimum Gasteiger partial charge on any atom is -0.337 e. The zero-order valence-electron chi connectivity index (χ0n) is 13.7. The number of benzene rings is 1. The first-order chi connectivity index (χ1) is 11.2. The number of piperidine rings is 2. The Kier molecular flexibility index (Phi) is 4.12. The van der Waals surface area contributed by atoms with E-state index in [1.54, 1.807) is 0 Å². The third kappa shape index (κ3) is 3.02. The van der Waals surface area contributed by atoms with Gasteiger partial charge in [0.05, 0.1) is 0 Å². The molecule has 1 unspecified atom stereocenters. The summed E-state index contributed by atoms with van der Waals surface area (Å²) in [7, 11) is 0. The summed E-state index contributed by atoms with van der Waals surface area (Å²) in [6, 6.07) is 11.3. The Morgan fingerprint density at radius 3 is 2.39 bits per heavy atom. The van der Waals surface area contributed by atoms with Crippen LogP contribution in [0.5, 0.6) is 0 Å². The van der Waals surface area contributed by atoms with Crippen molar-refractivity contribution in [3.8, 4) is 0 Å². The van der Waals surface area contributed by atoms with Gasteiger partial charge in [0.2, 0.25) is 5.91 Å². The lowest BCUT2D eigenvalue weighted by molar-refractivity contribution is -0.136. The van der Waals surface area contributed by atoms with E-state index in [0.29, 0.717) is 36.2 Å². The SMILES string of the molecule is NC1[C@@H]2CC[C@H]1CN([C@H]1CCC(=O)N(Cc3ccccc3)C1)C2. The maximum absolute atomic E-state index is 12.3. The smallest absolute Gasteiger partial charge is 0.222 e. The molecular weight excluding hydrogens is 286 g/mol. The van der Waals surface area contributed by atoms with Gasteiger partial charge in [0.25, 0.3) is 0 Å². The van der Waals surface area contributed by atoms with Gasteiger partial charge in [0, 0.05) is 44.7 Å². The van der Waals surface area contributed by atoms with Gasteiger partial charge in [-0.1, -0.05) is 30.3 Å². The number of hydrogen-bond donors (Lipinski definition) is 1. The molecule has 2 bridgehead atoms. The molecule has 1 aromatic carbocycles. The van der Waals surface area contributed by atoms with E-state index in [9.17, 15) is 4.79 Å². The Morgan fingerprint density at radius 2 is 1.70 bits per heavy atom. The molecule has 2 N–H and O–H groups in total. The highest BCUT2D eigenvalue weighted by molar-refractivity contribution is 5.77. The summed E-state index contributed by atoms with van der Waals surface area (Å²) in [4.78, 5) is 17.0. The molecule has 4 rings (SSSR count). The minimum atomic E-state index is 0.307. The van der Waals surface area contributed by atoms with Gasteiger partial charge in [-0.3, -0.25) is 9.69 Å². The molecule has 23 heavy (non-hydrogen) atoms. The molecule has 2 saturated heterocycles. The molecule has 3 fully saturated rings. The fourth-order valence-corrected chi connectivity index (χ4v) is 4.75. The lowest BCUT2D eigenvalue weighted by Gasteiger charge is -2.44. The largest absolute Gasteiger partial charge is 0.337 e. The first-order valence-corrected chi connectivity index (χ1v) is 9.02. The third-order valence-electron chi connectivity index (χ3n) is 6.14. The van der Waals surface area contributed by atoms with Gasteiger partial charge in [0.1, 0.15) is 0 Å². The minimum absolute atomic E-state index is 0.307. The standard InChI is InChI=1S/C19H27N3O/c20-19-15-6-7-16(19)12-21(11-15)17-8-9-18(23)22(13-17)10-14-4-2-1-3-5-14/h1-5,15-17,19H,6-13,20H2/t15-,16+,17-,19?/m0/s1. The maximum Gasteiger partial charge on any atom is 0.222 e. The predicted octanol–water partition coefficient (Wildman–Crippen LogP) is 1.85. The summed E-state index contributed by atoms with van der Waals surface area (Å²) >= 11 is 0. The Hall–Kier alpha value is -1.39. The van der Waals surface area contributed by atoms with Crippen molar-refractivity contribution in [1.29, 1.82) is 0 Å². The van der Waals surface area contributed by atoms with Crippen LogP contribution in [0.1, 0.15) is 31.2 Å². The number of rotatable bonds is 3. The molecule has 4 nitrogen and oxygen atoms in total. The Labute approximate surface area is 138 Å². The van der Waals surface area contributed by atoms with Crippen molar-refractivity contribution in [2.45, 2.75) is 44.3 Å². The fourth-order valence-electron chi connectivity index (χ4n) is 4.75. The number of hydrogen-bond acceptors (Lipinski definition) is 3. The molecular formula is C19H27N3O. The summed E-state index contributed by atoms with van der Waals surface area (Å²) < 4.78 is 0. The molecule has 1 aromatic rings. The lowest BCUT2D eigenvalue weighted by Crippen LogP contribution is -2.56. The maximum atomic E-state index is 12.3. The highest BCUT2D eigenvalue weighted by atomic mass is 16.2. The molecule has 4 heteroatoms.